The van der Waals surface area contributed by atoms with E-state index in [0.717, 1.165) is 29.6 Å². The molecule has 0 saturated carbocycles. The van der Waals surface area contributed by atoms with Gasteiger partial charge in [-0.05, 0) is 29.6 Å². The molecule has 0 amide bonds. The van der Waals surface area contributed by atoms with Crippen molar-refractivity contribution in [3.8, 4) is 0 Å². The van der Waals surface area contributed by atoms with Crippen LogP contribution in [0.5, 0.6) is 0 Å². The van der Waals surface area contributed by atoms with Gasteiger partial charge < -0.3 is 0 Å². The second kappa shape index (κ2) is 22.8. The number of unbranched alkanes of at least 4 members (excludes halogenated alkanes) is 9. The van der Waals surface area contributed by atoms with E-state index in [1.165, 1.54) is 128 Å². The fourth-order valence-electron chi connectivity index (χ4n) is 5.28. The molecule has 0 aliphatic carbocycles. The first-order chi connectivity index (χ1) is 15.4. The van der Waals surface area contributed by atoms with Gasteiger partial charge in [-0.1, -0.05) is 177 Å². The topological polar surface area (TPSA) is 0 Å². The predicted octanol–water partition coefficient (Wildman–Crippen LogP) is 12.0. The van der Waals surface area contributed by atoms with Crippen molar-refractivity contribution in [2.24, 2.45) is 29.6 Å². The molecule has 32 heavy (non-hydrogen) atoms. The van der Waals surface area contributed by atoms with Crippen LogP contribution in [0, 0.1) is 29.6 Å². The molecule has 0 aliphatic rings. The van der Waals surface area contributed by atoms with Crippen molar-refractivity contribution in [2.75, 3.05) is 0 Å². The molecule has 0 rings (SSSR count). The molecule has 0 heteroatoms. The molecule has 0 spiro atoms. The lowest BCUT2D eigenvalue weighted by molar-refractivity contribution is 0.308. The molecule has 0 radical (unpaired) electrons. The van der Waals surface area contributed by atoms with E-state index >= 15 is 0 Å². The molecule has 0 aliphatic heterocycles. The van der Waals surface area contributed by atoms with Crippen LogP contribution in [0.3, 0.4) is 0 Å². The Labute approximate surface area is 206 Å². The Morgan fingerprint density at radius 2 is 0.688 bits per heavy atom. The van der Waals surface area contributed by atoms with Crippen molar-refractivity contribution < 1.29 is 0 Å². The van der Waals surface area contributed by atoms with E-state index in [4.69, 9.17) is 0 Å². The van der Waals surface area contributed by atoms with Crippen LogP contribution in [0.25, 0.3) is 0 Å². The smallest absolute Gasteiger partial charge is 0.0417 e. The molecular formula is C32H66. The third-order valence-electron chi connectivity index (χ3n) is 8.21. The average molecular weight is 451 g/mol. The summed E-state index contributed by atoms with van der Waals surface area (Å²) >= 11 is 0. The summed E-state index contributed by atoms with van der Waals surface area (Å²) in [6.07, 6.45) is 29.0. The Hall–Kier alpha value is 0. The summed E-state index contributed by atoms with van der Waals surface area (Å²) in [5, 5.41) is 0. The van der Waals surface area contributed by atoms with Crippen molar-refractivity contribution in [3.05, 3.63) is 0 Å². The fourth-order valence-corrected chi connectivity index (χ4v) is 5.28. The molecule has 0 nitrogen and oxygen atoms in total. The van der Waals surface area contributed by atoms with Crippen molar-refractivity contribution >= 4 is 0 Å². The lowest BCUT2D eigenvalue weighted by Gasteiger charge is -2.21. The summed E-state index contributed by atoms with van der Waals surface area (Å²) in [6.45, 7) is 17.0. The van der Waals surface area contributed by atoms with Crippen molar-refractivity contribution in [1.82, 2.24) is 0 Å². The monoisotopic (exact) mass is 451 g/mol. The first-order valence-corrected chi connectivity index (χ1v) is 15.4. The lowest BCUT2D eigenvalue weighted by Crippen LogP contribution is -2.09. The number of hydrogen-bond donors (Lipinski definition) is 0. The number of rotatable bonds is 24. The third kappa shape index (κ3) is 21.8. The van der Waals surface area contributed by atoms with Crippen LogP contribution >= 0.6 is 0 Å². The lowest BCUT2D eigenvalue weighted by atomic mass is 9.85. The first-order valence-electron chi connectivity index (χ1n) is 15.4. The third-order valence-corrected chi connectivity index (χ3v) is 8.21. The van der Waals surface area contributed by atoms with Crippen LogP contribution in [0.4, 0.5) is 0 Å². The highest BCUT2D eigenvalue weighted by Gasteiger charge is 2.13. The van der Waals surface area contributed by atoms with Gasteiger partial charge in [0.15, 0.2) is 0 Å². The maximum atomic E-state index is 2.52. The van der Waals surface area contributed by atoms with E-state index in [2.05, 4.69) is 48.5 Å². The van der Waals surface area contributed by atoms with Crippen LogP contribution in [-0.4, -0.2) is 0 Å². The van der Waals surface area contributed by atoms with Gasteiger partial charge in [0.1, 0.15) is 0 Å². The number of hydrogen-bond acceptors (Lipinski definition) is 0. The van der Waals surface area contributed by atoms with Crippen LogP contribution in [0.2, 0.25) is 0 Å². The van der Waals surface area contributed by atoms with Crippen LogP contribution in [0.1, 0.15) is 177 Å². The van der Waals surface area contributed by atoms with Gasteiger partial charge in [-0.3, -0.25) is 0 Å². The van der Waals surface area contributed by atoms with Crippen molar-refractivity contribution in [2.45, 2.75) is 177 Å². The average Bonchev–Trinajstić information content (AvgIpc) is 2.75. The molecule has 0 aromatic heterocycles. The summed E-state index contributed by atoms with van der Waals surface area (Å²) in [7, 11) is 0. The second-order valence-corrected chi connectivity index (χ2v) is 12.3. The largest absolute Gasteiger partial charge is 0.0654 e. The van der Waals surface area contributed by atoms with E-state index in [-0.39, 0.29) is 0 Å². The molecule has 194 valence electrons. The zero-order valence-electron chi connectivity index (χ0n) is 24.0. The van der Waals surface area contributed by atoms with Gasteiger partial charge in [0.2, 0.25) is 0 Å². The highest BCUT2D eigenvalue weighted by Crippen LogP contribution is 2.26. The molecule has 4 unspecified atom stereocenters. The quantitative estimate of drug-likeness (QED) is 0.128. The van der Waals surface area contributed by atoms with E-state index in [1.807, 2.05) is 0 Å². The van der Waals surface area contributed by atoms with Crippen molar-refractivity contribution in [3.63, 3.8) is 0 Å². The zero-order valence-corrected chi connectivity index (χ0v) is 24.0. The normalized spacial score (nSPS) is 15.8. The van der Waals surface area contributed by atoms with Crippen LogP contribution < -0.4 is 0 Å². The molecule has 0 fully saturated rings. The highest BCUT2D eigenvalue weighted by molar-refractivity contribution is 4.65. The SMILES string of the molecule is CCCCCCCC(C)CCCC(C)C(C)CCCCC(C)CCCCCCCC(C)C. The molecule has 4 atom stereocenters. The first kappa shape index (κ1) is 32.0. The van der Waals surface area contributed by atoms with Gasteiger partial charge in [-0.2, -0.15) is 0 Å². The molecule has 0 saturated heterocycles. The Kier molecular flexibility index (Phi) is 22.8. The van der Waals surface area contributed by atoms with Gasteiger partial charge in [0.05, 0.1) is 0 Å². The van der Waals surface area contributed by atoms with Gasteiger partial charge in [-0.15, -0.1) is 0 Å². The summed E-state index contributed by atoms with van der Waals surface area (Å²) in [5.41, 5.74) is 0. The summed E-state index contributed by atoms with van der Waals surface area (Å²) in [4.78, 5) is 0. The molecule has 0 bridgehead atoms. The standard InChI is InChI=1S/C32H66/c1-8-9-10-12-16-23-30(5)25-20-27-32(7)31(6)26-19-18-24-29(4)22-17-14-11-13-15-21-28(2)3/h28-32H,8-27H2,1-7H3. The summed E-state index contributed by atoms with van der Waals surface area (Å²) in [6, 6.07) is 0. The summed E-state index contributed by atoms with van der Waals surface area (Å²) < 4.78 is 0. The van der Waals surface area contributed by atoms with Gasteiger partial charge >= 0.3 is 0 Å². The Balaban J connectivity index is 3.56. The summed E-state index contributed by atoms with van der Waals surface area (Å²) in [5.74, 6) is 4.61. The molecule has 0 aromatic rings. The van der Waals surface area contributed by atoms with Gasteiger partial charge in [0, 0.05) is 0 Å². The maximum absolute atomic E-state index is 2.52. The van der Waals surface area contributed by atoms with E-state index < -0.39 is 0 Å². The van der Waals surface area contributed by atoms with Crippen LogP contribution in [-0.2, 0) is 0 Å². The minimum absolute atomic E-state index is 0.888. The predicted molar refractivity (Wildman–Crippen MR) is 150 cm³/mol. The van der Waals surface area contributed by atoms with Crippen LogP contribution in [0.15, 0.2) is 0 Å². The second-order valence-electron chi connectivity index (χ2n) is 12.3. The van der Waals surface area contributed by atoms with E-state index in [9.17, 15) is 0 Å². The maximum Gasteiger partial charge on any atom is -0.0417 e. The van der Waals surface area contributed by atoms with Gasteiger partial charge in [0.25, 0.3) is 0 Å². The van der Waals surface area contributed by atoms with E-state index in [0.29, 0.717) is 0 Å². The van der Waals surface area contributed by atoms with Gasteiger partial charge in [-0.25, -0.2) is 0 Å². The molecule has 0 heterocycles. The zero-order chi connectivity index (χ0) is 24.0. The minimum atomic E-state index is 0.888. The molecule has 0 N–H and O–H groups in total. The van der Waals surface area contributed by atoms with E-state index in [1.54, 1.807) is 0 Å². The molecular weight excluding hydrogens is 384 g/mol. The molecule has 0 aromatic carbocycles. The van der Waals surface area contributed by atoms with Crippen molar-refractivity contribution in [1.29, 1.82) is 0 Å². The Morgan fingerprint density at radius 1 is 0.344 bits per heavy atom. The fraction of sp³-hybridized carbons (Fsp3) is 1.00. The highest BCUT2D eigenvalue weighted by atomic mass is 14.2. The Morgan fingerprint density at radius 3 is 1.19 bits per heavy atom. The minimum Gasteiger partial charge on any atom is -0.0654 e. The Bertz CT molecular complexity index is 357.